The zero-order chi connectivity index (χ0) is 22.7. The smallest absolute Gasteiger partial charge is 0.267 e. The Kier molecular flexibility index (Phi) is 6.35. The largest absolute Gasteiger partial charge is 0.347 e. The van der Waals surface area contributed by atoms with Gasteiger partial charge in [0.1, 0.15) is 5.71 Å². The van der Waals surface area contributed by atoms with Gasteiger partial charge < -0.3 is 10.2 Å². The van der Waals surface area contributed by atoms with Crippen molar-refractivity contribution in [1.29, 1.82) is 0 Å². The molecule has 1 fully saturated rings. The molecule has 2 aliphatic heterocycles. The molecule has 0 bridgehead atoms. The second kappa shape index (κ2) is 9.34. The van der Waals surface area contributed by atoms with Crippen LogP contribution in [0, 0.1) is 13.8 Å². The van der Waals surface area contributed by atoms with Crippen LogP contribution in [-0.4, -0.2) is 34.9 Å². The summed E-state index contributed by atoms with van der Waals surface area (Å²) < 4.78 is 0. The Morgan fingerprint density at radius 2 is 1.78 bits per heavy atom. The summed E-state index contributed by atoms with van der Waals surface area (Å²) in [5.74, 6) is -0.215. The number of amides is 3. The lowest BCUT2D eigenvalue weighted by Gasteiger charge is -2.25. The molecule has 0 atom stereocenters. The van der Waals surface area contributed by atoms with E-state index in [1.54, 1.807) is 0 Å². The van der Waals surface area contributed by atoms with Crippen LogP contribution in [0.2, 0.25) is 0 Å². The fourth-order valence-corrected chi connectivity index (χ4v) is 4.09. The number of nitrogens with zero attached hydrogens (tertiary/aromatic N) is 3. The van der Waals surface area contributed by atoms with Crippen LogP contribution in [0.1, 0.15) is 47.9 Å². The Balaban J connectivity index is 1.47. The number of carbonyl (C=O) groups is 3. The number of nitrogens with one attached hydrogen (secondary N) is 1. The van der Waals surface area contributed by atoms with Gasteiger partial charge in [-0.3, -0.25) is 14.4 Å². The van der Waals surface area contributed by atoms with Gasteiger partial charge in [-0.1, -0.05) is 36.4 Å². The summed E-state index contributed by atoms with van der Waals surface area (Å²) in [6.07, 6.45) is 2.06. The second-order valence-electron chi connectivity index (χ2n) is 8.41. The average molecular weight is 433 g/mol. The van der Waals surface area contributed by atoms with Crippen LogP contribution in [0.4, 0.5) is 5.69 Å². The van der Waals surface area contributed by atoms with Crippen LogP contribution < -0.4 is 10.3 Å². The van der Waals surface area contributed by atoms with Crippen LogP contribution in [0.5, 0.6) is 0 Å². The molecule has 0 radical (unpaired) electrons. The Labute approximate surface area is 188 Å². The Morgan fingerprint density at radius 1 is 1.00 bits per heavy atom. The minimum atomic E-state index is -0.278. The fourth-order valence-electron chi connectivity index (χ4n) is 4.09. The molecule has 2 aromatic carbocycles. The molecule has 0 aromatic heterocycles. The predicted molar refractivity (Wildman–Crippen MR) is 123 cm³/mol. The lowest BCUT2D eigenvalue weighted by atomic mass is 10.1. The number of likely N-dealkylation sites (tertiary alicyclic amines) is 1. The number of hydrogen-bond acceptors (Lipinski definition) is 4. The third-order valence-corrected chi connectivity index (χ3v) is 5.98. The molecule has 0 saturated carbocycles. The molecule has 1 N–H and O–H groups in total. The molecule has 7 heteroatoms. The van der Waals surface area contributed by atoms with Crippen molar-refractivity contribution in [2.24, 2.45) is 5.10 Å². The van der Waals surface area contributed by atoms with Crippen molar-refractivity contribution in [2.75, 3.05) is 11.6 Å². The standard InChI is InChI=1S/C25H28N4O3/c1-17-9-10-18(2)22(14-17)29-24(31)12-11-21(27-29)25(32)26-15-19-6-3-4-7-20(19)16-28-13-5-8-23(28)30/h3-4,6-7,9-10,14H,5,8,11-13,15-16H2,1-2H3,(H,26,32). The van der Waals surface area contributed by atoms with E-state index in [0.29, 0.717) is 37.3 Å². The molecule has 32 heavy (non-hydrogen) atoms. The molecule has 0 spiro atoms. The highest BCUT2D eigenvalue weighted by Gasteiger charge is 2.27. The average Bonchev–Trinajstić information content (AvgIpc) is 3.19. The first-order valence-electron chi connectivity index (χ1n) is 11.0. The van der Waals surface area contributed by atoms with Gasteiger partial charge in [0.25, 0.3) is 5.91 Å². The van der Waals surface area contributed by atoms with Crippen molar-refractivity contribution >= 4 is 29.1 Å². The predicted octanol–water partition coefficient (Wildman–Crippen LogP) is 3.23. The summed E-state index contributed by atoms with van der Waals surface area (Å²) in [4.78, 5) is 39.2. The van der Waals surface area contributed by atoms with Crippen LogP contribution >= 0.6 is 0 Å². The number of carbonyl (C=O) groups excluding carboxylic acids is 3. The van der Waals surface area contributed by atoms with E-state index in [1.165, 1.54) is 5.01 Å². The highest BCUT2D eigenvalue weighted by atomic mass is 16.2. The molecule has 166 valence electrons. The number of benzene rings is 2. The number of hydrazone groups is 1. The zero-order valence-corrected chi connectivity index (χ0v) is 18.6. The highest BCUT2D eigenvalue weighted by molar-refractivity contribution is 6.40. The summed E-state index contributed by atoms with van der Waals surface area (Å²) in [6, 6.07) is 13.7. The van der Waals surface area contributed by atoms with Crippen molar-refractivity contribution in [3.63, 3.8) is 0 Å². The van der Waals surface area contributed by atoms with Gasteiger partial charge in [-0.2, -0.15) is 5.10 Å². The first kappa shape index (κ1) is 21.7. The van der Waals surface area contributed by atoms with E-state index in [9.17, 15) is 14.4 Å². The van der Waals surface area contributed by atoms with Crippen LogP contribution in [0.25, 0.3) is 0 Å². The number of anilines is 1. The Hall–Kier alpha value is -3.48. The first-order valence-corrected chi connectivity index (χ1v) is 11.0. The molecule has 0 unspecified atom stereocenters. The number of aryl methyl sites for hydroxylation is 2. The van der Waals surface area contributed by atoms with Gasteiger partial charge in [0.05, 0.1) is 5.69 Å². The lowest BCUT2D eigenvalue weighted by Crippen LogP contribution is -2.39. The maximum absolute atomic E-state index is 12.9. The molecular formula is C25H28N4O3. The van der Waals surface area contributed by atoms with Gasteiger partial charge in [-0.05, 0) is 48.6 Å². The van der Waals surface area contributed by atoms with Crippen molar-refractivity contribution in [3.05, 3.63) is 64.7 Å². The van der Waals surface area contributed by atoms with Crippen LogP contribution in [0.15, 0.2) is 47.6 Å². The zero-order valence-electron chi connectivity index (χ0n) is 18.6. The van der Waals surface area contributed by atoms with E-state index in [0.717, 1.165) is 35.2 Å². The third-order valence-electron chi connectivity index (χ3n) is 5.98. The maximum atomic E-state index is 12.9. The van der Waals surface area contributed by atoms with E-state index in [4.69, 9.17) is 0 Å². The van der Waals surface area contributed by atoms with Crippen molar-refractivity contribution in [2.45, 2.75) is 52.6 Å². The summed E-state index contributed by atoms with van der Waals surface area (Å²) in [5.41, 5.74) is 5.01. The summed E-state index contributed by atoms with van der Waals surface area (Å²) in [7, 11) is 0. The number of rotatable bonds is 6. The van der Waals surface area contributed by atoms with Gasteiger partial charge in [0.15, 0.2) is 0 Å². The van der Waals surface area contributed by atoms with Gasteiger partial charge in [0, 0.05) is 38.9 Å². The van der Waals surface area contributed by atoms with Crippen molar-refractivity contribution in [3.8, 4) is 0 Å². The Morgan fingerprint density at radius 3 is 2.53 bits per heavy atom. The van der Waals surface area contributed by atoms with Crippen LogP contribution in [-0.2, 0) is 27.5 Å². The Bertz CT molecular complexity index is 1090. The highest BCUT2D eigenvalue weighted by Crippen LogP contribution is 2.25. The SMILES string of the molecule is Cc1ccc(C)c(N2N=C(C(=O)NCc3ccccc3CN3CCCC3=O)CCC2=O)c1. The molecule has 7 nitrogen and oxygen atoms in total. The first-order chi connectivity index (χ1) is 15.4. The van der Waals surface area contributed by atoms with Crippen molar-refractivity contribution in [1.82, 2.24) is 10.2 Å². The van der Waals surface area contributed by atoms with Gasteiger partial charge in [-0.25, -0.2) is 5.01 Å². The van der Waals surface area contributed by atoms with Crippen LogP contribution in [0.3, 0.4) is 0 Å². The van der Waals surface area contributed by atoms with E-state index in [-0.39, 0.29) is 24.1 Å². The topological polar surface area (TPSA) is 82.1 Å². The lowest BCUT2D eigenvalue weighted by molar-refractivity contribution is -0.128. The molecule has 2 heterocycles. The third kappa shape index (κ3) is 4.72. The summed E-state index contributed by atoms with van der Waals surface area (Å²) >= 11 is 0. The molecule has 2 aromatic rings. The molecule has 3 amide bonds. The quantitative estimate of drug-likeness (QED) is 0.761. The van der Waals surface area contributed by atoms with Gasteiger partial charge in [0.2, 0.25) is 11.8 Å². The molecule has 2 aliphatic rings. The van der Waals surface area contributed by atoms with E-state index in [1.807, 2.05) is 61.2 Å². The second-order valence-corrected chi connectivity index (χ2v) is 8.41. The van der Waals surface area contributed by atoms with Crippen molar-refractivity contribution < 1.29 is 14.4 Å². The summed E-state index contributed by atoms with van der Waals surface area (Å²) in [5, 5.41) is 8.70. The van der Waals surface area contributed by atoms with Gasteiger partial charge >= 0.3 is 0 Å². The maximum Gasteiger partial charge on any atom is 0.267 e. The minimum Gasteiger partial charge on any atom is -0.347 e. The monoisotopic (exact) mass is 432 g/mol. The van der Waals surface area contributed by atoms with E-state index < -0.39 is 0 Å². The van der Waals surface area contributed by atoms with E-state index in [2.05, 4.69) is 10.4 Å². The minimum absolute atomic E-state index is 0.115. The normalized spacial score (nSPS) is 16.4. The molecule has 1 saturated heterocycles. The van der Waals surface area contributed by atoms with Gasteiger partial charge in [-0.15, -0.1) is 0 Å². The molecule has 0 aliphatic carbocycles. The fraction of sp³-hybridized carbons (Fsp3) is 0.360. The summed E-state index contributed by atoms with van der Waals surface area (Å²) in [6.45, 7) is 5.56. The van der Waals surface area contributed by atoms with E-state index >= 15 is 0 Å². The molecular weight excluding hydrogens is 404 g/mol. The number of hydrogen-bond donors (Lipinski definition) is 1. The molecule has 4 rings (SSSR count).